The molecule has 1 heterocycles. The molecular weight excluding hydrogens is 394 g/mol. The quantitative estimate of drug-likeness (QED) is 0.682. The third-order valence-corrected chi connectivity index (χ3v) is 5.05. The van der Waals surface area contributed by atoms with Crippen LogP contribution in [0.25, 0.3) is 0 Å². The van der Waals surface area contributed by atoms with Crippen molar-refractivity contribution < 1.29 is 4.79 Å². The first kappa shape index (κ1) is 14.8. The Labute approximate surface area is 141 Å². The second-order valence-corrected chi connectivity index (χ2v) is 6.96. The van der Waals surface area contributed by atoms with Crippen LogP contribution in [0.4, 0.5) is 0 Å². The van der Waals surface area contributed by atoms with Gasteiger partial charge < -0.3 is 4.90 Å². The van der Waals surface area contributed by atoms with E-state index < -0.39 is 0 Å². The summed E-state index contributed by atoms with van der Waals surface area (Å²) in [5.74, 6) is 0.0935. The van der Waals surface area contributed by atoms with Crippen LogP contribution in [-0.4, -0.2) is 23.9 Å². The van der Waals surface area contributed by atoms with E-state index >= 15 is 0 Å². The van der Waals surface area contributed by atoms with Crippen LogP contribution in [0.3, 0.4) is 0 Å². The summed E-state index contributed by atoms with van der Waals surface area (Å²) >= 11 is 6.91. The summed E-state index contributed by atoms with van der Waals surface area (Å²) in [4.78, 5) is 14.7. The second kappa shape index (κ2) is 6.32. The Bertz CT molecular complexity index is 657. The molecule has 0 atom stereocenters. The van der Waals surface area contributed by atoms with Crippen molar-refractivity contribution >= 4 is 37.8 Å². The molecule has 0 unspecified atom stereocenters. The zero-order valence-corrected chi connectivity index (χ0v) is 14.7. The van der Waals surface area contributed by atoms with Gasteiger partial charge in [0.25, 0.3) is 5.91 Å². The Morgan fingerprint density at radius 3 is 2.19 bits per heavy atom. The summed E-state index contributed by atoms with van der Waals surface area (Å²) in [5.41, 5.74) is 3.44. The number of halogens is 2. The predicted molar refractivity (Wildman–Crippen MR) is 91.6 cm³/mol. The number of fused-ring (bicyclic) bond motifs is 1. The Kier molecular flexibility index (Phi) is 4.45. The summed E-state index contributed by atoms with van der Waals surface area (Å²) in [6.45, 7) is 1.55. The number of amides is 1. The highest BCUT2D eigenvalue weighted by atomic mass is 79.9. The molecule has 2 aromatic carbocycles. The average molecular weight is 409 g/mol. The molecule has 0 aromatic heterocycles. The van der Waals surface area contributed by atoms with Crippen molar-refractivity contribution in [2.24, 2.45) is 0 Å². The van der Waals surface area contributed by atoms with Crippen molar-refractivity contribution in [2.75, 3.05) is 13.1 Å². The van der Waals surface area contributed by atoms with E-state index in [1.165, 1.54) is 11.1 Å². The number of carbonyl (C=O) groups excluding carboxylic acids is 1. The Hall–Kier alpha value is -1.13. The molecule has 1 aliphatic heterocycles. The molecule has 108 valence electrons. The highest BCUT2D eigenvalue weighted by Crippen LogP contribution is 2.24. The number of carbonyl (C=O) groups is 1. The van der Waals surface area contributed by atoms with E-state index in [2.05, 4.69) is 56.1 Å². The van der Waals surface area contributed by atoms with Gasteiger partial charge in [0.15, 0.2) is 0 Å². The number of hydrogen-bond acceptors (Lipinski definition) is 1. The van der Waals surface area contributed by atoms with Gasteiger partial charge in [0, 0.05) is 22.0 Å². The van der Waals surface area contributed by atoms with E-state index in [9.17, 15) is 4.79 Å². The van der Waals surface area contributed by atoms with Gasteiger partial charge in [-0.1, -0.05) is 40.2 Å². The van der Waals surface area contributed by atoms with Crippen LogP contribution in [-0.2, 0) is 12.8 Å². The fourth-order valence-electron chi connectivity index (χ4n) is 2.70. The van der Waals surface area contributed by atoms with E-state index in [0.717, 1.165) is 40.4 Å². The van der Waals surface area contributed by atoms with Crippen molar-refractivity contribution in [3.63, 3.8) is 0 Å². The zero-order chi connectivity index (χ0) is 14.8. The Morgan fingerprint density at radius 2 is 1.57 bits per heavy atom. The highest BCUT2D eigenvalue weighted by molar-refractivity contribution is 9.11. The molecule has 0 aliphatic carbocycles. The lowest BCUT2D eigenvalue weighted by molar-refractivity contribution is 0.0762. The molecule has 0 radical (unpaired) electrons. The normalized spacial score (nSPS) is 14.5. The SMILES string of the molecule is O=C(c1cc(Br)ccc1Br)N1CCc2ccccc2CC1. The third kappa shape index (κ3) is 3.22. The van der Waals surface area contributed by atoms with Crippen LogP contribution >= 0.6 is 31.9 Å². The number of rotatable bonds is 1. The maximum atomic E-state index is 12.8. The molecule has 1 aliphatic rings. The molecule has 0 fully saturated rings. The van der Waals surface area contributed by atoms with Gasteiger partial charge in [-0.25, -0.2) is 0 Å². The molecule has 21 heavy (non-hydrogen) atoms. The molecular formula is C17H15Br2NO. The standard InChI is InChI=1S/C17H15Br2NO/c18-14-5-6-16(19)15(11-14)17(21)20-9-7-12-3-1-2-4-13(12)8-10-20/h1-6,11H,7-10H2. The van der Waals surface area contributed by atoms with Gasteiger partial charge in [0.1, 0.15) is 0 Å². The van der Waals surface area contributed by atoms with Crippen molar-refractivity contribution in [1.82, 2.24) is 4.90 Å². The van der Waals surface area contributed by atoms with Crippen LogP contribution in [0.15, 0.2) is 51.4 Å². The Morgan fingerprint density at radius 1 is 0.952 bits per heavy atom. The van der Waals surface area contributed by atoms with Crippen molar-refractivity contribution in [2.45, 2.75) is 12.8 Å². The van der Waals surface area contributed by atoms with Gasteiger partial charge in [0.05, 0.1) is 5.56 Å². The summed E-state index contributed by atoms with van der Waals surface area (Å²) in [5, 5.41) is 0. The second-order valence-electron chi connectivity index (χ2n) is 5.19. The van der Waals surface area contributed by atoms with Crippen LogP contribution in [0.2, 0.25) is 0 Å². The Balaban J connectivity index is 1.82. The van der Waals surface area contributed by atoms with Crippen LogP contribution < -0.4 is 0 Å². The number of hydrogen-bond donors (Lipinski definition) is 0. The van der Waals surface area contributed by atoms with Crippen molar-refractivity contribution in [3.8, 4) is 0 Å². The highest BCUT2D eigenvalue weighted by Gasteiger charge is 2.21. The monoisotopic (exact) mass is 407 g/mol. The van der Waals surface area contributed by atoms with Gasteiger partial charge >= 0.3 is 0 Å². The van der Waals surface area contributed by atoms with Gasteiger partial charge in [-0.2, -0.15) is 0 Å². The topological polar surface area (TPSA) is 20.3 Å². The smallest absolute Gasteiger partial charge is 0.255 e. The fraction of sp³-hybridized carbons (Fsp3) is 0.235. The first-order valence-corrected chi connectivity index (χ1v) is 8.55. The van der Waals surface area contributed by atoms with E-state index in [1.54, 1.807) is 0 Å². The molecule has 0 saturated heterocycles. The molecule has 4 heteroatoms. The van der Waals surface area contributed by atoms with Crippen LogP contribution in [0.1, 0.15) is 21.5 Å². The average Bonchev–Trinajstić information content (AvgIpc) is 2.71. The first-order chi connectivity index (χ1) is 10.1. The minimum Gasteiger partial charge on any atom is -0.338 e. The molecule has 2 aromatic rings. The summed E-state index contributed by atoms with van der Waals surface area (Å²) < 4.78 is 1.77. The lowest BCUT2D eigenvalue weighted by Gasteiger charge is -2.21. The molecule has 2 nitrogen and oxygen atoms in total. The molecule has 0 bridgehead atoms. The third-order valence-electron chi connectivity index (χ3n) is 3.87. The van der Waals surface area contributed by atoms with E-state index in [4.69, 9.17) is 0 Å². The maximum Gasteiger partial charge on any atom is 0.255 e. The van der Waals surface area contributed by atoms with Gasteiger partial charge in [-0.3, -0.25) is 4.79 Å². The maximum absolute atomic E-state index is 12.8. The van der Waals surface area contributed by atoms with Gasteiger partial charge in [-0.05, 0) is 58.1 Å². The molecule has 0 saturated carbocycles. The fourth-order valence-corrected chi connectivity index (χ4v) is 3.48. The minimum absolute atomic E-state index is 0.0935. The molecule has 1 amide bonds. The predicted octanol–water partition coefficient (Wildman–Crippen LogP) is 4.45. The number of benzene rings is 2. The van der Waals surface area contributed by atoms with Crippen LogP contribution in [0.5, 0.6) is 0 Å². The lowest BCUT2D eigenvalue weighted by atomic mass is 10.0. The summed E-state index contributed by atoms with van der Waals surface area (Å²) in [6.07, 6.45) is 1.85. The molecule has 0 N–H and O–H groups in total. The van der Waals surface area contributed by atoms with E-state index in [-0.39, 0.29) is 5.91 Å². The van der Waals surface area contributed by atoms with Crippen molar-refractivity contribution in [1.29, 1.82) is 0 Å². The van der Waals surface area contributed by atoms with E-state index in [0.29, 0.717) is 0 Å². The molecule has 0 spiro atoms. The van der Waals surface area contributed by atoms with Gasteiger partial charge in [-0.15, -0.1) is 0 Å². The van der Waals surface area contributed by atoms with Crippen molar-refractivity contribution in [3.05, 3.63) is 68.1 Å². The first-order valence-electron chi connectivity index (χ1n) is 6.96. The van der Waals surface area contributed by atoms with Crippen LogP contribution in [0, 0.1) is 0 Å². The zero-order valence-electron chi connectivity index (χ0n) is 11.5. The largest absolute Gasteiger partial charge is 0.338 e. The summed E-state index contributed by atoms with van der Waals surface area (Å²) in [6, 6.07) is 14.2. The van der Waals surface area contributed by atoms with Gasteiger partial charge in [0.2, 0.25) is 0 Å². The lowest BCUT2D eigenvalue weighted by Crippen LogP contribution is -2.33. The molecule has 3 rings (SSSR count). The van der Waals surface area contributed by atoms with E-state index in [1.807, 2.05) is 23.1 Å². The summed E-state index contributed by atoms with van der Waals surface area (Å²) in [7, 11) is 0. The number of nitrogens with zero attached hydrogens (tertiary/aromatic N) is 1. The minimum atomic E-state index is 0.0935.